The van der Waals surface area contributed by atoms with E-state index in [0.717, 1.165) is 10.4 Å². The highest BCUT2D eigenvalue weighted by Crippen LogP contribution is 2.28. The van der Waals surface area contributed by atoms with E-state index in [1.807, 2.05) is 0 Å². The number of hydrogen-bond acceptors (Lipinski definition) is 4. The summed E-state index contributed by atoms with van der Waals surface area (Å²) in [4.78, 5) is 11.9. The van der Waals surface area contributed by atoms with Crippen LogP contribution in [0.3, 0.4) is 0 Å². The fourth-order valence-electron chi connectivity index (χ4n) is 2.53. The molecule has 1 saturated heterocycles. The Kier molecular flexibility index (Phi) is 4.63. The highest BCUT2D eigenvalue weighted by atomic mass is 32.2. The maximum atomic E-state index is 13.1. The Balaban J connectivity index is 2.36. The van der Waals surface area contributed by atoms with Crippen LogP contribution in [0.2, 0.25) is 0 Å². The predicted octanol–water partition coefficient (Wildman–Crippen LogP) is 1.85. The fraction of sp³-hybridized carbons (Fsp3) is 0.500. The van der Waals surface area contributed by atoms with E-state index in [4.69, 9.17) is 4.74 Å². The van der Waals surface area contributed by atoms with Crippen LogP contribution in [0.1, 0.15) is 25.3 Å². The monoisotopic (exact) mass is 315 g/mol. The van der Waals surface area contributed by atoms with Crippen molar-refractivity contribution in [3.8, 4) is 0 Å². The molecule has 7 heteroatoms. The van der Waals surface area contributed by atoms with Gasteiger partial charge in [0.15, 0.2) is 0 Å². The molecule has 21 heavy (non-hydrogen) atoms. The lowest BCUT2D eigenvalue weighted by molar-refractivity contribution is -0.146. The van der Waals surface area contributed by atoms with Crippen LogP contribution in [0.25, 0.3) is 0 Å². The second-order valence-corrected chi connectivity index (χ2v) is 6.79. The van der Waals surface area contributed by atoms with Gasteiger partial charge in [-0.25, -0.2) is 12.8 Å². The Labute approximate surface area is 123 Å². The molecule has 1 aromatic carbocycles. The van der Waals surface area contributed by atoms with Crippen molar-refractivity contribution < 1.29 is 22.3 Å². The highest BCUT2D eigenvalue weighted by molar-refractivity contribution is 7.89. The molecular formula is C14H18FNO4S. The van der Waals surface area contributed by atoms with Crippen molar-refractivity contribution in [3.05, 3.63) is 29.6 Å². The number of sulfonamides is 1. The third kappa shape index (κ3) is 3.08. The van der Waals surface area contributed by atoms with Crippen LogP contribution in [0.15, 0.2) is 23.1 Å². The topological polar surface area (TPSA) is 63.7 Å². The van der Waals surface area contributed by atoms with Gasteiger partial charge in [0, 0.05) is 6.54 Å². The first-order valence-electron chi connectivity index (χ1n) is 6.82. The van der Waals surface area contributed by atoms with Gasteiger partial charge in [-0.2, -0.15) is 4.31 Å². The lowest BCUT2D eigenvalue weighted by atomic mass is 10.2. The lowest BCUT2D eigenvalue weighted by Crippen LogP contribution is -2.41. The van der Waals surface area contributed by atoms with Crippen LogP contribution >= 0.6 is 0 Å². The average molecular weight is 315 g/mol. The number of nitrogens with zero attached hydrogens (tertiary/aromatic N) is 1. The maximum Gasteiger partial charge on any atom is 0.324 e. The predicted molar refractivity (Wildman–Crippen MR) is 74.7 cm³/mol. The van der Waals surface area contributed by atoms with Gasteiger partial charge >= 0.3 is 5.97 Å². The van der Waals surface area contributed by atoms with Crippen LogP contribution < -0.4 is 0 Å². The SMILES string of the molecule is CCOC(=O)C1CCCN1S(=O)(=O)c1ccc(F)cc1C. The summed E-state index contributed by atoms with van der Waals surface area (Å²) in [5.74, 6) is -1.02. The van der Waals surface area contributed by atoms with E-state index in [2.05, 4.69) is 0 Å². The third-order valence-electron chi connectivity index (χ3n) is 3.49. The summed E-state index contributed by atoms with van der Waals surface area (Å²) in [5.41, 5.74) is 0.324. The number of rotatable bonds is 4. The van der Waals surface area contributed by atoms with Crippen LogP contribution in [0.4, 0.5) is 4.39 Å². The number of halogens is 1. The van der Waals surface area contributed by atoms with E-state index in [1.165, 1.54) is 19.1 Å². The van der Waals surface area contributed by atoms with E-state index >= 15 is 0 Å². The first kappa shape index (κ1) is 15.9. The van der Waals surface area contributed by atoms with Gasteiger partial charge in [-0.1, -0.05) is 0 Å². The smallest absolute Gasteiger partial charge is 0.324 e. The molecule has 1 unspecified atom stereocenters. The Morgan fingerprint density at radius 3 is 2.81 bits per heavy atom. The molecule has 0 N–H and O–H groups in total. The Morgan fingerprint density at radius 2 is 2.19 bits per heavy atom. The van der Waals surface area contributed by atoms with Crippen LogP contribution in [-0.2, 0) is 19.6 Å². The van der Waals surface area contributed by atoms with Gasteiger partial charge in [-0.05, 0) is 50.5 Å². The molecule has 0 saturated carbocycles. The summed E-state index contributed by atoms with van der Waals surface area (Å²) in [6.07, 6.45) is 1.04. The summed E-state index contributed by atoms with van der Waals surface area (Å²) in [7, 11) is -3.83. The number of ether oxygens (including phenoxy) is 1. The van der Waals surface area contributed by atoms with Gasteiger partial charge in [-0.15, -0.1) is 0 Å². The lowest BCUT2D eigenvalue weighted by Gasteiger charge is -2.23. The number of aryl methyl sites for hydroxylation is 1. The summed E-state index contributed by atoms with van der Waals surface area (Å²) >= 11 is 0. The molecule has 0 radical (unpaired) electrons. The summed E-state index contributed by atoms with van der Waals surface area (Å²) in [5, 5.41) is 0. The molecule has 5 nitrogen and oxygen atoms in total. The van der Waals surface area contributed by atoms with E-state index in [9.17, 15) is 17.6 Å². The zero-order valence-corrected chi connectivity index (χ0v) is 12.8. The number of esters is 1. The second kappa shape index (κ2) is 6.11. The molecule has 116 valence electrons. The zero-order chi connectivity index (χ0) is 15.6. The summed E-state index contributed by atoms with van der Waals surface area (Å²) in [6, 6.07) is 2.72. The molecule has 0 aromatic heterocycles. The zero-order valence-electron chi connectivity index (χ0n) is 12.0. The molecule has 1 aliphatic heterocycles. The highest BCUT2D eigenvalue weighted by Gasteiger charge is 2.40. The molecule has 1 aromatic rings. The molecule has 1 aliphatic rings. The van der Waals surface area contributed by atoms with Gasteiger partial charge in [0.1, 0.15) is 11.9 Å². The summed E-state index contributed by atoms with van der Waals surface area (Å²) in [6.45, 7) is 3.68. The van der Waals surface area contributed by atoms with Gasteiger partial charge in [0.05, 0.1) is 11.5 Å². The van der Waals surface area contributed by atoms with Gasteiger partial charge in [-0.3, -0.25) is 4.79 Å². The molecule has 0 bridgehead atoms. The number of carbonyl (C=O) groups is 1. The molecule has 1 atom stereocenters. The number of carbonyl (C=O) groups excluding carboxylic acids is 1. The van der Waals surface area contributed by atoms with Gasteiger partial charge < -0.3 is 4.74 Å². The largest absolute Gasteiger partial charge is 0.465 e. The normalized spacial score (nSPS) is 19.7. The van der Waals surface area contributed by atoms with Crippen LogP contribution in [0, 0.1) is 12.7 Å². The Bertz CT molecular complexity index is 644. The van der Waals surface area contributed by atoms with E-state index in [-0.39, 0.29) is 18.0 Å². The standard InChI is InChI=1S/C14H18FNO4S/c1-3-20-14(17)12-5-4-8-16(12)21(18,19)13-7-6-11(15)9-10(13)2/h6-7,9,12H,3-5,8H2,1-2H3. The van der Waals surface area contributed by atoms with Gasteiger partial charge in [0.2, 0.25) is 10.0 Å². The third-order valence-corrected chi connectivity index (χ3v) is 5.55. The molecular weight excluding hydrogens is 297 g/mol. The molecule has 0 spiro atoms. The quantitative estimate of drug-likeness (QED) is 0.796. The van der Waals surface area contributed by atoms with Crippen molar-refractivity contribution in [1.82, 2.24) is 4.31 Å². The van der Waals surface area contributed by atoms with E-state index in [0.29, 0.717) is 18.4 Å². The van der Waals surface area contributed by atoms with E-state index < -0.39 is 27.9 Å². The Hall–Kier alpha value is -1.47. The Morgan fingerprint density at radius 1 is 1.48 bits per heavy atom. The van der Waals surface area contributed by atoms with Crippen molar-refractivity contribution in [2.45, 2.75) is 37.6 Å². The molecule has 1 heterocycles. The van der Waals surface area contributed by atoms with Crippen LogP contribution in [-0.4, -0.2) is 37.9 Å². The molecule has 0 aliphatic carbocycles. The maximum absolute atomic E-state index is 13.1. The fourth-order valence-corrected chi connectivity index (χ4v) is 4.38. The van der Waals surface area contributed by atoms with Crippen LogP contribution in [0.5, 0.6) is 0 Å². The number of benzene rings is 1. The van der Waals surface area contributed by atoms with Gasteiger partial charge in [0.25, 0.3) is 0 Å². The first-order chi connectivity index (χ1) is 9.87. The second-order valence-electron chi connectivity index (χ2n) is 4.94. The minimum atomic E-state index is -3.83. The number of hydrogen-bond donors (Lipinski definition) is 0. The molecule has 1 fully saturated rings. The van der Waals surface area contributed by atoms with Crippen molar-refractivity contribution in [3.63, 3.8) is 0 Å². The molecule has 0 amide bonds. The molecule has 2 rings (SSSR count). The minimum Gasteiger partial charge on any atom is -0.465 e. The average Bonchev–Trinajstić information content (AvgIpc) is 2.88. The van der Waals surface area contributed by atoms with Crippen molar-refractivity contribution in [1.29, 1.82) is 0 Å². The van der Waals surface area contributed by atoms with Crippen molar-refractivity contribution >= 4 is 16.0 Å². The van der Waals surface area contributed by atoms with Crippen molar-refractivity contribution in [2.24, 2.45) is 0 Å². The minimum absolute atomic E-state index is 0.0279. The summed E-state index contributed by atoms with van der Waals surface area (Å²) < 4.78 is 44.6. The van der Waals surface area contributed by atoms with Crippen molar-refractivity contribution in [2.75, 3.05) is 13.2 Å². The first-order valence-corrected chi connectivity index (χ1v) is 8.26. The van der Waals surface area contributed by atoms with E-state index in [1.54, 1.807) is 6.92 Å².